The van der Waals surface area contributed by atoms with E-state index in [1.54, 1.807) is 0 Å². The van der Waals surface area contributed by atoms with Gasteiger partial charge in [0.15, 0.2) is 0 Å². The van der Waals surface area contributed by atoms with E-state index in [9.17, 15) is 14.4 Å². The number of aromatic nitrogens is 2. The summed E-state index contributed by atoms with van der Waals surface area (Å²) in [4.78, 5) is 36.1. The fourth-order valence-electron chi connectivity index (χ4n) is 4.23. The zero-order chi connectivity index (χ0) is 24.9. The number of ether oxygens (including phenoxy) is 1. The van der Waals surface area contributed by atoms with Gasteiger partial charge in [-0.1, -0.05) is 62.4 Å². The minimum absolute atomic E-state index is 0.0419. The minimum atomic E-state index is -0.946. The molecule has 1 aliphatic rings. The molecule has 0 aliphatic heterocycles. The third kappa shape index (κ3) is 5.32. The van der Waals surface area contributed by atoms with Crippen LogP contribution >= 0.6 is 0 Å². The van der Waals surface area contributed by atoms with Crippen LogP contribution in [-0.2, 0) is 9.53 Å². The van der Waals surface area contributed by atoms with E-state index in [4.69, 9.17) is 9.84 Å². The number of nitrogens with one attached hydrogen (secondary N) is 2. The SMILES string of the molecule is CC(C)C(CNC(=O)c1nonc1NC(=O)OCC1c2ccccc2-c2ccccc21)CC(=O)O. The third-order valence-electron chi connectivity index (χ3n) is 6.17. The number of carboxylic acids is 1. The van der Waals surface area contributed by atoms with Crippen molar-refractivity contribution in [3.8, 4) is 11.1 Å². The molecule has 3 aromatic rings. The highest BCUT2D eigenvalue weighted by atomic mass is 16.6. The second kappa shape index (κ2) is 10.4. The van der Waals surface area contributed by atoms with Crippen molar-refractivity contribution in [2.75, 3.05) is 18.5 Å². The van der Waals surface area contributed by atoms with Crippen LogP contribution in [0.25, 0.3) is 11.1 Å². The summed E-state index contributed by atoms with van der Waals surface area (Å²) >= 11 is 0. The highest BCUT2D eigenvalue weighted by molar-refractivity contribution is 5.99. The highest BCUT2D eigenvalue weighted by Gasteiger charge is 2.29. The van der Waals surface area contributed by atoms with Gasteiger partial charge in [-0.25, -0.2) is 9.42 Å². The molecule has 1 heterocycles. The van der Waals surface area contributed by atoms with Crippen molar-refractivity contribution in [2.24, 2.45) is 11.8 Å². The molecule has 0 bridgehead atoms. The molecular weight excluding hydrogens is 452 g/mol. The Hall–Kier alpha value is -4.21. The van der Waals surface area contributed by atoms with Gasteiger partial charge in [-0.2, -0.15) is 0 Å². The van der Waals surface area contributed by atoms with E-state index in [2.05, 4.69) is 25.6 Å². The van der Waals surface area contributed by atoms with Gasteiger partial charge in [-0.3, -0.25) is 14.9 Å². The molecule has 182 valence electrons. The van der Waals surface area contributed by atoms with Crippen LogP contribution in [0.1, 0.15) is 47.8 Å². The Morgan fingerprint density at radius 1 is 1.03 bits per heavy atom. The van der Waals surface area contributed by atoms with Crippen molar-refractivity contribution in [1.82, 2.24) is 15.6 Å². The maximum atomic E-state index is 12.5. The summed E-state index contributed by atoms with van der Waals surface area (Å²) in [5.41, 5.74) is 4.14. The molecule has 0 saturated heterocycles. The summed E-state index contributed by atoms with van der Waals surface area (Å²) in [5, 5.41) is 21.2. The lowest BCUT2D eigenvalue weighted by atomic mass is 9.92. The quantitative estimate of drug-likeness (QED) is 0.420. The van der Waals surface area contributed by atoms with Crippen molar-refractivity contribution >= 4 is 23.8 Å². The number of carbonyl (C=O) groups excluding carboxylic acids is 2. The number of nitrogens with zero attached hydrogens (tertiary/aromatic N) is 2. The van der Waals surface area contributed by atoms with Gasteiger partial charge in [0, 0.05) is 12.5 Å². The Balaban J connectivity index is 1.37. The fourth-order valence-corrected chi connectivity index (χ4v) is 4.23. The molecular formula is C25H26N4O6. The molecule has 0 fully saturated rings. The first-order chi connectivity index (χ1) is 16.8. The number of rotatable bonds is 9. The standard InChI is InChI=1S/C25H26N4O6/c1-14(2)15(11-21(30)31)12-26-24(32)22-23(29-35-28-22)27-25(33)34-13-20-18-9-5-3-7-16(18)17-8-4-6-10-19(17)20/h3-10,14-15,20H,11-13H2,1-2H3,(H,26,32)(H,30,31)(H,27,29,33). The first-order valence-electron chi connectivity index (χ1n) is 11.3. The van der Waals surface area contributed by atoms with E-state index in [1.807, 2.05) is 62.4 Å². The molecule has 2 amide bonds. The van der Waals surface area contributed by atoms with Crippen LogP contribution in [0.15, 0.2) is 53.2 Å². The van der Waals surface area contributed by atoms with Crippen LogP contribution in [-0.4, -0.2) is 46.5 Å². The molecule has 10 heteroatoms. The Labute approximate surface area is 201 Å². The van der Waals surface area contributed by atoms with Crippen LogP contribution in [0.5, 0.6) is 0 Å². The molecule has 1 aromatic heterocycles. The van der Waals surface area contributed by atoms with E-state index < -0.39 is 18.0 Å². The lowest BCUT2D eigenvalue weighted by molar-refractivity contribution is -0.138. The number of carbonyl (C=O) groups is 3. The average molecular weight is 479 g/mol. The van der Waals surface area contributed by atoms with Crippen LogP contribution in [0.3, 0.4) is 0 Å². The van der Waals surface area contributed by atoms with Crippen molar-refractivity contribution in [3.05, 3.63) is 65.4 Å². The molecule has 0 radical (unpaired) electrons. The van der Waals surface area contributed by atoms with Gasteiger partial charge in [-0.15, -0.1) is 0 Å². The molecule has 10 nitrogen and oxygen atoms in total. The van der Waals surface area contributed by atoms with E-state index in [1.165, 1.54) is 0 Å². The molecule has 35 heavy (non-hydrogen) atoms. The summed E-state index contributed by atoms with van der Waals surface area (Å²) in [6, 6.07) is 16.0. The fraction of sp³-hybridized carbons (Fsp3) is 0.320. The monoisotopic (exact) mass is 478 g/mol. The van der Waals surface area contributed by atoms with Crippen LogP contribution < -0.4 is 10.6 Å². The van der Waals surface area contributed by atoms with E-state index >= 15 is 0 Å². The Morgan fingerprint density at radius 3 is 2.26 bits per heavy atom. The maximum absolute atomic E-state index is 12.5. The zero-order valence-corrected chi connectivity index (χ0v) is 19.4. The molecule has 1 atom stereocenters. The minimum Gasteiger partial charge on any atom is -0.481 e. The third-order valence-corrected chi connectivity index (χ3v) is 6.17. The summed E-state index contributed by atoms with van der Waals surface area (Å²) in [7, 11) is 0. The Bertz CT molecular complexity index is 1190. The number of hydrogen-bond acceptors (Lipinski definition) is 7. The van der Waals surface area contributed by atoms with E-state index in [0.29, 0.717) is 0 Å². The van der Waals surface area contributed by atoms with E-state index in [-0.39, 0.29) is 48.8 Å². The lowest BCUT2D eigenvalue weighted by Crippen LogP contribution is -2.33. The second-order valence-corrected chi connectivity index (χ2v) is 8.72. The molecule has 2 aromatic carbocycles. The number of aliphatic carboxylic acids is 1. The molecule has 0 saturated carbocycles. The summed E-state index contributed by atoms with van der Waals surface area (Å²) in [5.74, 6) is -2.11. The highest BCUT2D eigenvalue weighted by Crippen LogP contribution is 2.44. The van der Waals surface area contributed by atoms with Crippen molar-refractivity contribution in [2.45, 2.75) is 26.2 Å². The van der Waals surface area contributed by atoms with Gasteiger partial charge < -0.3 is 15.2 Å². The summed E-state index contributed by atoms with van der Waals surface area (Å²) < 4.78 is 10.1. The normalized spacial score (nSPS) is 13.1. The van der Waals surface area contributed by atoms with Crippen LogP contribution in [0.2, 0.25) is 0 Å². The smallest absolute Gasteiger partial charge is 0.412 e. The topological polar surface area (TPSA) is 144 Å². The zero-order valence-electron chi connectivity index (χ0n) is 19.4. The van der Waals surface area contributed by atoms with Gasteiger partial charge in [-0.05, 0) is 44.4 Å². The summed E-state index contributed by atoms with van der Waals surface area (Å²) in [6.45, 7) is 3.97. The summed E-state index contributed by atoms with van der Waals surface area (Å²) in [6.07, 6.45) is -0.887. The predicted molar refractivity (Wildman–Crippen MR) is 126 cm³/mol. The van der Waals surface area contributed by atoms with Gasteiger partial charge in [0.1, 0.15) is 6.61 Å². The van der Waals surface area contributed by atoms with Gasteiger partial charge >= 0.3 is 12.1 Å². The average Bonchev–Trinajstić information content (AvgIpc) is 3.42. The number of carboxylic acid groups (broad SMARTS) is 1. The first-order valence-corrected chi connectivity index (χ1v) is 11.3. The van der Waals surface area contributed by atoms with E-state index in [0.717, 1.165) is 22.3 Å². The maximum Gasteiger partial charge on any atom is 0.412 e. The number of benzene rings is 2. The lowest BCUT2D eigenvalue weighted by Gasteiger charge is -2.19. The number of fused-ring (bicyclic) bond motifs is 3. The molecule has 3 N–H and O–H groups in total. The van der Waals surface area contributed by atoms with Crippen molar-refractivity contribution < 1.29 is 28.9 Å². The largest absolute Gasteiger partial charge is 0.481 e. The van der Waals surface area contributed by atoms with Crippen molar-refractivity contribution in [1.29, 1.82) is 0 Å². The predicted octanol–water partition coefficient (Wildman–Crippen LogP) is 3.91. The first kappa shape index (κ1) is 23.9. The Morgan fingerprint density at radius 2 is 1.66 bits per heavy atom. The second-order valence-electron chi connectivity index (χ2n) is 8.72. The number of hydrogen-bond donors (Lipinski definition) is 3. The molecule has 1 unspecified atom stereocenters. The van der Waals surface area contributed by atoms with Crippen LogP contribution in [0.4, 0.5) is 10.6 Å². The molecule has 1 aliphatic carbocycles. The molecule has 0 spiro atoms. The Kier molecular flexibility index (Phi) is 7.09. The molecule has 4 rings (SSSR count). The van der Waals surface area contributed by atoms with Crippen molar-refractivity contribution in [3.63, 3.8) is 0 Å². The number of amides is 2. The van der Waals surface area contributed by atoms with Gasteiger partial charge in [0.25, 0.3) is 5.91 Å². The van der Waals surface area contributed by atoms with Crippen LogP contribution in [0, 0.1) is 11.8 Å². The number of anilines is 1. The van der Waals surface area contributed by atoms with Gasteiger partial charge in [0.05, 0.1) is 6.42 Å². The van der Waals surface area contributed by atoms with Gasteiger partial charge in [0.2, 0.25) is 11.5 Å².